The van der Waals surface area contributed by atoms with Crippen molar-refractivity contribution in [1.29, 1.82) is 0 Å². The summed E-state index contributed by atoms with van der Waals surface area (Å²) in [5, 5.41) is 0. The molecule has 0 aliphatic carbocycles. The monoisotopic (exact) mass is 281 g/mol. The summed E-state index contributed by atoms with van der Waals surface area (Å²) in [6, 6.07) is 0. The molecule has 0 rings (SSSR count). The topological polar surface area (TPSA) is 37.4 Å². The average Bonchev–Trinajstić information content (AvgIpc) is 1.98. The highest BCUT2D eigenvalue weighted by molar-refractivity contribution is 8.13. The minimum absolute atomic E-state index is 0.0826. The van der Waals surface area contributed by atoms with Crippen molar-refractivity contribution in [3.63, 3.8) is 0 Å². The number of nitrogens with zero attached hydrogens (tertiary/aromatic N) is 1. The fourth-order valence-corrected chi connectivity index (χ4v) is 2.10. The molecule has 0 bridgehead atoms. The number of alkyl halides is 3. The molecular formula is C8H15ClF3NO2S. The Bertz CT molecular complexity index is 292. The van der Waals surface area contributed by atoms with Gasteiger partial charge in [0, 0.05) is 10.7 Å². The van der Waals surface area contributed by atoms with Gasteiger partial charge in [0.1, 0.15) is 0 Å². The first kappa shape index (κ1) is 16.0. The zero-order valence-electron chi connectivity index (χ0n) is 8.93. The van der Waals surface area contributed by atoms with Crippen LogP contribution < -0.4 is 0 Å². The van der Waals surface area contributed by atoms with Crippen molar-refractivity contribution in [3.8, 4) is 0 Å². The molecule has 0 heterocycles. The summed E-state index contributed by atoms with van der Waals surface area (Å²) >= 11 is 0. The van der Waals surface area contributed by atoms with Crippen LogP contribution in [-0.4, -0.2) is 44.9 Å². The smallest absolute Gasteiger partial charge is 0.295 e. The van der Waals surface area contributed by atoms with Crippen molar-refractivity contribution in [1.82, 2.24) is 4.90 Å². The lowest BCUT2D eigenvalue weighted by Gasteiger charge is -2.22. The fraction of sp³-hybridized carbons (Fsp3) is 1.00. The van der Waals surface area contributed by atoms with E-state index in [2.05, 4.69) is 0 Å². The van der Waals surface area contributed by atoms with Crippen molar-refractivity contribution in [3.05, 3.63) is 0 Å². The molecule has 0 fully saturated rings. The molecule has 0 amide bonds. The van der Waals surface area contributed by atoms with Crippen molar-refractivity contribution < 1.29 is 21.6 Å². The van der Waals surface area contributed by atoms with E-state index in [1.807, 2.05) is 0 Å². The predicted molar refractivity (Wildman–Crippen MR) is 57.0 cm³/mol. The zero-order valence-corrected chi connectivity index (χ0v) is 10.5. The van der Waals surface area contributed by atoms with Crippen LogP contribution in [0.2, 0.25) is 0 Å². The van der Waals surface area contributed by atoms with Crippen LogP contribution in [0.25, 0.3) is 0 Å². The Morgan fingerprint density at radius 2 is 1.81 bits per heavy atom. The van der Waals surface area contributed by atoms with Gasteiger partial charge in [0.15, 0.2) is 0 Å². The van der Waals surface area contributed by atoms with E-state index in [4.69, 9.17) is 10.7 Å². The van der Waals surface area contributed by atoms with E-state index >= 15 is 0 Å². The maximum Gasteiger partial charge on any atom is 0.401 e. The first-order valence-electron chi connectivity index (χ1n) is 4.85. The summed E-state index contributed by atoms with van der Waals surface area (Å²) in [4.78, 5) is 1.18. The van der Waals surface area contributed by atoms with Crippen LogP contribution in [0.3, 0.4) is 0 Å². The Labute approximate surface area is 98.0 Å². The van der Waals surface area contributed by atoms with Crippen LogP contribution >= 0.6 is 10.7 Å². The second-order valence-corrected chi connectivity index (χ2v) is 6.38. The van der Waals surface area contributed by atoms with Crippen LogP contribution in [-0.2, 0) is 9.05 Å². The Balaban J connectivity index is 4.04. The second-order valence-electron chi connectivity index (χ2n) is 3.49. The van der Waals surface area contributed by atoms with Gasteiger partial charge in [-0.3, -0.25) is 4.90 Å². The molecule has 8 heteroatoms. The normalized spacial score (nSPS) is 13.4. The van der Waals surface area contributed by atoms with Gasteiger partial charge in [-0.2, -0.15) is 13.2 Å². The van der Waals surface area contributed by atoms with Crippen LogP contribution in [0.5, 0.6) is 0 Å². The van der Waals surface area contributed by atoms with E-state index in [1.54, 1.807) is 6.92 Å². The molecule has 16 heavy (non-hydrogen) atoms. The highest BCUT2D eigenvalue weighted by Gasteiger charge is 2.30. The molecular weight excluding hydrogens is 267 g/mol. The van der Waals surface area contributed by atoms with Gasteiger partial charge in [-0.1, -0.05) is 6.92 Å². The lowest BCUT2D eigenvalue weighted by Crippen LogP contribution is -2.36. The third kappa shape index (κ3) is 10.5. The summed E-state index contributed by atoms with van der Waals surface area (Å²) in [5.41, 5.74) is 0. The molecule has 0 N–H and O–H groups in total. The molecule has 0 atom stereocenters. The van der Waals surface area contributed by atoms with Gasteiger partial charge in [0.25, 0.3) is 0 Å². The third-order valence-electron chi connectivity index (χ3n) is 1.81. The molecule has 0 radical (unpaired) electrons. The third-order valence-corrected chi connectivity index (χ3v) is 3.04. The molecule has 0 saturated carbocycles. The van der Waals surface area contributed by atoms with Crippen molar-refractivity contribution in [2.45, 2.75) is 25.9 Å². The van der Waals surface area contributed by atoms with Crippen LogP contribution in [0, 0.1) is 0 Å². The highest BCUT2D eigenvalue weighted by atomic mass is 35.7. The molecule has 0 aliphatic heterocycles. The van der Waals surface area contributed by atoms with Crippen LogP contribution in [0.15, 0.2) is 0 Å². The van der Waals surface area contributed by atoms with Crippen molar-refractivity contribution in [2.75, 3.05) is 25.4 Å². The van der Waals surface area contributed by atoms with E-state index in [-0.39, 0.29) is 18.7 Å². The molecule has 0 aromatic carbocycles. The maximum absolute atomic E-state index is 12.1. The Morgan fingerprint density at radius 3 is 2.19 bits per heavy atom. The predicted octanol–water partition coefficient (Wildman–Crippen LogP) is 2.22. The Kier molecular flexibility index (Phi) is 6.65. The summed E-state index contributed by atoms with van der Waals surface area (Å²) in [6.07, 6.45) is -3.55. The van der Waals surface area contributed by atoms with Gasteiger partial charge in [-0.25, -0.2) is 8.42 Å². The lowest BCUT2D eigenvalue weighted by atomic mass is 10.3. The molecule has 0 unspecified atom stereocenters. The average molecular weight is 282 g/mol. The molecule has 98 valence electrons. The largest absolute Gasteiger partial charge is 0.401 e. The van der Waals surface area contributed by atoms with Crippen molar-refractivity contribution >= 4 is 19.7 Å². The summed E-state index contributed by atoms with van der Waals surface area (Å²) in [6.45, 7) is 1.13. The zero-order chi connectivity index (χ0) is 12.8. The van der Waals surface area contributed by atoms with Gasteiger partial charge >= 0.3 is 6.18 Å². The lowest BCUT2D eigenvalue weighted by molar-refractivity contribution is -0.145. The minimum Gasteiger partial charge on any atom is -0.295 e. The quantitative estimate of drug-likeness (QED) is 0.672. The van der Waals surface area contributed by atoms with Gasteiger partial charge in [-0.05, 0) is 25.9 Å². The number of hydrogen-bond donors (Lipinski definition) is 0. The number of rotatable bonds is 7. The molecule has 0 spiro atoms. The first-order valence-corrected chi connectivity index (χ1v) is 7.33. The molecule has 3 nitrogen and oxygen atoms in total. The van der Waals surface area contributed by atoms with E-state index in [0.29, 0.717) is 13.0 Å². The maximum atomic E-state index is 12.1. The standard InChI is InChI=1S/C8H15ClF3NO2S/c1-2-4-13(7-8(10,11)12)5-3-6-16(9,14)15/h2-7H2,1H3. The van der Waals surface area contributed by atoms with E-state index < -0.39 is 21.8 Å². The fourth-order valence-electron chi connectivity index (χ4n) is 1.30. The van der Waals surface area contributed by atoms with Gasteiger partial charge in [0.05, 0.1) is 12.3 Å². The van der Waals surface area contributed by atoms with Gasteiger partial charge < -0.3 is 0 Å². The summed E-state index contributed by atoms with van der Waals surface area (Å²) < 4.78 is 57.5. The molecule has 0 aromatic rings. The highest BCUT2D eigenvalue weighted by Crippen LogP contribution is 2.17. The Hall–Kier alpha value is -0.0100. The number of hydrogen-bond acceptors (Lipinski definition) is 3. The van der Waals surface area contributed by atoms with Crippen molar-refractivity contribution in [2.24, 2.45) is 0 Å². The SMILES string of the molecule is CCCN(CCCS(=O)(=O)Cl)CC(F)(F)F. The summed E-state index contributed by atoms with van der Waals surface area (Å²) in [5.74, 6) is -0.299. The Morgan fingerprint density at radius 1 is 1.25 bits per heavy atom. The molecule has 0 saturated heterocycles. The van der Waals surface area contributed by atoms with E-state index in [0.717, 1.165) is 0 Å². The van der Waals surface area contributed by atoms with Crippen LogP contribution in [0.1, 0.15) is 19.8 Å². The van der Waals surface area contributed by atoms with Crippen LogP contribution in [0.4, 0.5) is 13.2 Å². The first-order chi connectivity index (χ1) is 7.14. The second kappa shape index (κ2) is 6.66. The molecule has 0 aliphatic rings. The van der Waals surface area contributed by atoms with E-state index in [9.17, 15) is 21.6 Å². The van der Waals surface area contributed by atoms with Gasteiger partial charge in [-0.15, -0.1) is 0 Å². The number of halogens is 4. The summed E-state index contributed by atoms with van der Waals surface area (Å²) in [7, 11) is 1.34. The van der Waals surface area contributed by atoms with E-state index in [1.165, 1.54) is 4.90 Å². The van der Waals surface area contributed by atoms with Gasteiger partial charge in [0.2, 0.25) is 9.05 Å². The minimum atomic E-state index is -4.25. The molecule has 0 aromatic heterocycles.